The summed E-state index contributed by atoms with van der Waals surface area (Å²) in [6, 6.07) is 13.1. The van der Waals surface area contributed by atoms with Gasteiger partial charge < -0.3 is 5.32 Å². The van der Waals surface area contributed by atoms with Gasteiger partial charge >= 0.3 is 0 Å². The topological polar surface area (TPSA) is 24.9 Å². The molecule has 3 heteroatoms. The van der Waals surface area contributed by atoms with Crippen molar-refractivity contribution in [1.82, 2.24) is 10.3 Å². The molecule has 21 heavy (non-hydrogen) atoms. The molecule has 2 aromatic heterocycles. The number of aromatic nitrogens is 1. The van der Waals surface area contributed by atoms with E-state index in [1.54, 1.807) is 0 Å². The van der Waals surface area contributed by atoms with Crippen LogP contribution in [0.5, 0.6) is 0 Å². The monoisotopic (exact) mass is 296 g/mol. The number of nitrogens with zero attached hydrogens (tertiary/aromatic N) is 1. The second-order valence-corrected chi connectivity index (χ2v) is 6.92. The van der Waals surface area contributed by atoms with Crippen molar-refractivity contribution >= 4 is 22.2 Å². The predicted molar refractivity (Wildman–Crippen MR) is 90.8 cm³/mol. The van der Waals surface area contributed by atoms with E-state index in [2.05, 4.69) is 61.4 Å². The maximum Gasteiger partial charge on any atom is 0.0746 e. The number of benzene rings is 1. The third-order valence-corrected chi connectivity index (χ3v) is 4.84. The molecule has 0 fully saturated rings. The fraction of sp³-hybridized carbons (Fsp3) is 0.278. The van der Waals surface area contributed by atoms with Crippen molar-refractivity contribution in [3.8, 4) is 0 Å². The number of thiophene rings is 1. The Hall–Kier alpha value is -1.71. The highest BCUT2D eigenvalue weighted by Crippen LogP contribution is 2.26. The second-order valence-electron chi connectivity index (χ2n) is 5.46. The summed E-state index contributed by atoms with van der Waals surface area (Å²) in [6.07, 6.45) is 1.86. The van der Waals surface area contributed by atoms with Gasteiger partial charge in [0.25, 0.3) is 0 Å². The molecule has 0 saturated heterocycles. The Morgan fingerprint density at radius 3 is 2.76 bits per heavy atom. The predicted octanol–water partition coefficient (Wildman–Crippen LogP) is 4.76. The van der Waals surface area contributed by atoms with Gasteiger partial charge in [0.05, 0.1) is 5.52 Å². The molecule has 1 N–H and O–H groups in total. The quantitative estimate of drug-likeness (QED) is 0.750. The summed E-state index contributed by atoms with van der Waals surface area (Å²) in [7, 11) is 0. The maximum atomic E-state index is 4.52. The van der Waals surface area contributed by atoms with Crippen molar-refractivity contribution in [2.45, 2.75) is 33.4 Å². The normalized spacial score (nSPS) is 12.7. The molecular formula is C18H20N2S. The van der Waals surface area contributed by atoms with Crippen LogP contribution in [0.1, 0.15) is 33.8 Å². The lowest BCUT2D eigenvalue weighted by molar-refractivity contribution is 0.575. The lowest BCUT2D eigenvalue weighted by atomic mass is 10.1. The Bertz CT molecular complexity index is 756. The van der Waals surface area contributed by atoms with Gasteiger partial charge in [-0.05, 0) is 44.0 Å². The molecule has 3 rings (SSSR count). The first-order valence-electron chi connectivity index (χ1n) is 7.28. The Morgan fingerprint density at radius 1 is 1.19 bits per heavy atom. The molecule has 0 spiro atoms. The van der Waals surface area contributed by atoms with E-state index in [0.717, 1.165) is 12.1 Å². The van der Waals surface area contributed by atoms with E-state index in [1.807, 2.05) is 23.6 Å². The van der Waals surface area contributed by atoms with Crippen LogP contribution in [0.4, 0.5) is 0 Å². The van der Waals surface area contributed by atoms with Gasteiger partial charge in [-0.1, -0.05) is 24.3 Å². The first kappa shape index (κ1) is 14.2. The molecular weight excluding hydrogens is 276 g/mol. The van der Waals surface area contributed by atoms with Gasteiger partial charge in [-0.15, -0.1) is 11.3 Å². The average molecular weight is 296 g/mol. The molecule has 0 bridgehead atoms. The van der Waals surface area contributed by atoms with E-state index in [4.69, 9.17) is 0 Å². The minimum absolute atomic E-state index is 0.355. The van der Waals surface area contributed by atoms with Crippen LogP contribution in [0.3, 0.4) is 0 Å². The van der Waals surface area contributed by atoms with Gasteiger partial charge in [-0.25, -0.2) is 0 Å². The van der Waals surface area contributed by atoms with Crippen molar-refractivity contribution in [3.63, 3.8) is 0 Å². The molecule has 3 aromatic rings. The van der Waals surface area contributed by atoms with Crippen LogP contribution >= 0.6 is 11.3 Å². The van der Waals surface area contributed by atoms with Gasteiger partial charge in [0.2, 0.25) is 0 Å². The minimum Gasteiger partial charge on any atom is -0.306 e. The van der Waals surface area contributed by atoms with Gasteiger partial charge in [0, 0.05) is 33.9 Å². The standard InChI is InChI=1S/C18H20N2S/c1-12-10-17(14(3)21-12)13(2)20-11-16-7-4-6-15-8-5-9-19-18(15)16/h4-10,13,20H,11H2,1-3H3. The third kappa shape index (κ3) is 2.99. The van der Waals surface area contributed by atoms with Crippen LogP contribution in [0.15, 0.2) is 42.6 Å². The SMILES string of the molecule is Cc1cc(C(C)NCc2cccc3cccnc23)c(C)s1. The van der Waals surface area contributed by atoms with Crippen molar-refractivity contribution in [3.05, 3.63) is 63.5 Å². The van der Waals surface area contributed by atoms with E-state index in [0.29, 0.717) is 6.04 Å². The number of fused-ring (bicyclic) bond motifs is 1. The van der Waals surface area contributed by atoms with E-state index >= 15 is 0 Å². The lowest BCUT2D eigenvalue weighted by Gasteiger charge is -2.14. The highest BCUT2D eigenvalue weighted by Gasteiger charge is 2.11. The van der Waals surface area contributed by atoms with Gasteiger partial charge in [-0.2, -0.15) is 0 Å². The molecule has 0 aliphatic carbocycles. The summed E-state index contributed by atoms with van der Waals surface area (Å²) in [6.45, 7) is 7.43. The highest BCUT2D eigenvalue weighted by atomic mass is 32.1. The lowest BCUT2D eigenvalue weighted by Crippen LogP contribution is -2.18. The number of para-hydroxylation sites is 1. The molecule has 1 atom stereocenters. The number of hydrogen-bond donors (Lipinski definition) is 1. The zero-order chi connectivity index (χ0) is 14.8. The molecule has 2 heterocycles. The Balaban J connectivity index is 1.79. The van der Waals surface area contributed by atoms with Crippen LogP contribution in [0.25, 0.3) is 10.9 Å². The van der Waals surface area contributed by atoms with Crippen molar-refractivity contribution in [2.24, 2.45) is 0 Å². The summed E-state index contributed by atoms with van der Waals surface area (Å²) in [5, 5.41) is 4.83. The summed E-state index contributed by atoms with van der Waals surface area (Å²) >= 11 is 1.87. The van der Waals surface area contributed by atoms with Gasteiger partial charge in [0.1, 0.15) is 0 Å². The van der Waals surface area contributed by atoms with Crippen molar-refractivity contribution in [1.29, 1.82) is 0 Å². The smallest absolute Gasteiger partial charge is 0.0746 e. The van der Waals surface area contributed by atoms with E-state index < -0.39 is 0 Å². The van der Waals surface area contributed by atoms with E-state index in [-0.39, 0.29) is 0 Å². The first-order valence-corrected chi connectivity index (χ1v) is 8.10. The summed E-state index contributed by atoms with van der Waals surface area (Å²) < 4.78 is 0. The largest absolute Gasteiger partial charge is 0.306 e. The summed E-state index contributed by atoms with van der Waals surface area (Å²) in [4.78, 5) is 7.30. The van der Waals surface area contributed by atoms with Crippen molar-refractivity contribution < 1.29 is 0 Å². The Kier molecular flexibility index (Phi) is 4.04. The van der Waals surface area contributed by atoms with Crippen LogP contribution in [-0.2, 0) is 6.54 Å². The van der Waals surface area contributed by atoms with Crippen LogP contribution in [0.2, 0.25) is 0 Å². The minimum atomic E-state index is 0.355. The highest BCUT2D eigenvalue weighted by molar-refractivity contribution is 7.12. The Morgan fingerprint density at radius 2 is 2.00 bits per heavy atom. The number of nitrogens with one attached hydrogen (secondary N) is 1. The maximum absolute atomic E-state index is 4.52. The van der Waals surface area contributed by atoms with Crippen LogP contribution in [-0.4, -0.2) is 4.98 Å². The summed E-state index contributed by atoms with van der Waals surface area (Å²) in [5.41, 5.74) is 3.76. The zero-order valence-corrected chi connectivity index (χ0v) is 13.5. The van der Waals surface area contributed by atoms with Gasteiger partial charge in [-0.3, -0.25) is 4.98 Å². The van der Waals surface area contributed by atoms with E-state index in [1.165, 1.54) is 26.3 Å². The molecule has 2 nitrogen and oxygen atoms in total. The average Bonchev–Trinajstić information content (AvgIpc) is 2.83. The second kappa shape index (κ2) is 5.96. The van der Waals surface area contributed by atoms with E-state index in [9.17, 15) is 0 Å². The van der Waals surface area contributed by atoms with Crippen LogP contribution in [0, 0.1) is 13.8 Å². The fourth-order valence-corrected chi connectivity index (χ4v) is 3.79. The Labute approximate surface area is 129 Å². The molecule has 0 amide bonds. The molecule has 0 aliphatic heterocycles. The number of rotatable bonds is 4. The van der Waals surface area contributed by atoms with Crippen molar-refractivity contribution in [2.75, 3.05) is 0 Å². The molecule has 108 valence electrons. The van der Waals surface area contributed by atoms with Crippen LogP contribution < -0.4 is 5.32 Å². The number of aryl methyl sites for hydroxylation is 2. The zero-order valence-electron chi connectivity index (χ0n) is 12.7. The molecule has 1 aromatic carbocycles. The molecule has 0 saturated carbocycles. The van der Waals surface area contributed by atoms with Gasteiger partial charge in [0.15, 0.2) is 0 Å². The summed E-state index contributed by atoms with van der Waals surface area (Å²) in [5.74, 6) is 0. The molecule has 0 aliphatic rings. The number of hydrogen-bond acceptors (Lipinski definition) is 3. The molecule has 1 unspecified atom stereocenters. The number of pyridine rings is 1. The third-order valence-electron chi connectivity index (χ3n) is 3.86. The first-order chi connectivity index (χ1) is 10.1. The molecule has 0 radical (unpaired) electrons. The fourth-order valence-electron chi connectivity index (χ4n) is 2.76.